The van der Waals surface area contributed by atoms with Gasteiger partial charge in [-0.25, -0.2) is 4.79 Å². The average molecular weight is 333 g/mol. The molecule has 0 amide bonds. The van der Waals surface area contributed by atoms with Gasteiger partial charge in [-0.2, -0.15) is 0 Å². The number of hydrogen-bond acceptors (Lipinski definition) is 2. The van der Waals surface area contributed by atoms with E-state index in [0.717, 1.165) is 18.4 Å². The Morgan fingerprint density at radius 1 is 0.875 bits per heavy atom. The summed E-state index contributed by atoms with van der Waals surface area (Å²) in [6.07, 6.45) is 14.3. The molecule has 1 unspecified atom stereocenters. The van der Waals surface area contributed by atoms with Gasteiger partial charge >= 0.3 is 5.97 Å². The molecule has 0 aliphatic heterocycles. The molecule has 0 aromatic heterocycles. The second-order valence-electron chi connectivity index (χ2n) is 7.05. The molecule has 0 aliphatic rings. The highest BCUT2D eigenvalue weighted by atomic mass is 16.5. The van der Waals surface area contributed by atoms with E-state index in [1.54, 1.807) is 0 Å². The fourth-order valence-electron chi connectivity index (χ4n) is 2.92. The first-order valence-electron chi connectivity index (χ1n) is 9.91. The predicted octanol–water partition coefficient (Wildman–Crippen LogP) is 6.85. The maximum Gasteiger partial charge on any atom is 0.338 e. The highest BCUT2D eigenvalue weighted by Gasteiger charge is 2.11. The number of unbranched alkanes of at least 4 members (excludes halogenated alkanes) is 9. The van der Waals surface area contributed by atoms with Crippen molar-refractivity contribution in [1.82, 2.24) is 0 Å². The molecule has 2 heteroatoms. The Morgan fingerprint density at radius 3 is 1.92 bits per heavy atom. The first-order chi connectivity index (χ1) is 11.6. The van der Waals surface area contributed by atoms with Gasteiger partial charge in [0, 0.05) is 0 Å². The maximum atomic E-state index is 12.0. The van der Waals surface area contributed by atoms with Crippen molar-refractivity contribution in [1.29, 1.82) is 0 Å². The summed E-state index contributed by atoms with van der Waals surface area (Å²) >= 11 is 0. The lowest BCUT2D eigenvalue weighted by atomic mass is 10.0. The standard InChI is InChI=1S/C22H36O2/c1-4-5-6-7-8-9-10-11-12-13-14-20(3)24-22(23)21-17-15-19(2)16-18-21/h15-18,20H,4-14H2,1-3H3. The molecule has 1 atom stereocenters. The van der Waals surface area contributed by atoms with Crippen molar-refractivity contribution in [3.63, 3.8) is 0 Å². The van der Waals surface area contributed by atoms with E-state index in [2.05, 4.69) is 6.92 Å². The monoisotopic (exact) mass is 332 g/mol. The molecular weight excluding hydrogens is 296 g/mol. The summed E-state index contributed by atoms with van der Waals surface area (Å²) in [5.41, 5.74) is 1.81. The van der Waals surface area contributed by atoms with Gasteiger partial charge in [0.1, 0.15) is 0 Å². The Morgan fingerprint density at radius 2 is 1.38 bits per heavy atom. The van der Waals surface area contributed by atoms with Crippen molar-refractivity contribution in [2.24, 2.45) is 0 Å². The van der Waals surface area contributed by atoms with Crippen LogP contribution in [0.3, 0.4) is 0 Å². The van der Waals surface area contributed by atoms with Crippen LogP contribution < -0.4 is 0 Å². The van der Waals surface area contributed by atoms with E-state index < -0.39 is 0 Å². The molecule has 0 N–H and O–H groups in total. The number of esters is 1. The van der Waals surface area contributed by atoms with Crippen molar-refractivity contribution in [2.75, 3.05) is 0 Å². The highest BCUT2D eigenvalue weighted by molar-refractivity contribution is 5.89. The number of benzene rings is 1. The number of carbonyl (C=O) groups excluding carboxylic acids is 1. The molecule has 0 heterocycles. The third-order valence-electron chi connectivity index (χ3n) is 4.56. The Kier molecular flexibility index (Phi) is 11.3. The second kappa shape index (κ2) is 13.0. The third-order valence-corrected chi connectivity index (χ3v) is 4.56. The summed E-state index contributed by atoms with van der Waals surface area (Å²) in [6.45, 7) is 6.28. The summed E-state index contributed by atoms with van der Waals surface area (Å²) < 4.78 is 5.52. The summed E-state index contributed by atoms with van der Waals surface area (Å²) in [7, 11) is 0. The molecule has 1 rings (SSSR count). The lowest BCUT2D eigenvalue weighted by molar-refractivity contribution is 0.0319. The van der Waals surface area contributed by atoms with Gasteiger partial charge in [-0.05, 0) is 38.8 Å². The van der Waals surface area contributed by atoms with Crippen LogP contribution in [-0.2, 0) is 4.74 Å². The van der Waals surface area contributed by atoms with Crippen molar-refractivity contribution >= 4 is 5.97 Å². The van der Waals surface area contributed by atoms with Gasteiger partial charge in [0.15, 0.2) is 0 Å². The Bertz CT molecular complexity index is 436. The van der Waals surface area contributed by atoms with Gasteiger partial charge in [0.05, 0.1) is 11.7 Å². The van der Waals surface area contributed by atoms with Crippen molar-refractivity contribution in [2.45, 2.75) is 97.5 Å². The number of rotatable bonds is 13. The van der Waals surface area contributed by atoms with Crippen LogP contribution in [0.4, 0.5) is 0 Å². The minimum atomic E-state index is -0.199. The van der Waals surface area contributed by atoms with Crippen LogP contribution in [0.5, 0.6) is 0 Å². The molecule has 2 nitrogen and oxygen atoms in total. The Hall–Kier alpha value is -1.31. The quantitative estimate of drug-likeness (QED) is 0.291. The summed E-state index contributed by atoms with van der Waals surface area (Å²) in [6, 6.07) is 7.57. The van der Waals surface area contributed by atoms with Crippen LogP contribution in [0, 0.1) is 6.92 Å². The van der Waals surface area contributed by atoms with Crippen LogP contribution in [0.15, 0.2) is 24.3 Å². The van der Waals surface area contributed by atoms with Crippen LogP contribution in [0.25, 0.3) is 0 Å². The van der Waals surface area contributed by atoms with Gasteiger partial charge in [-0.1, -0.05) is 82.4 Å². The Labute approximate surface area is 149 Å². The maximum absolute atomic E-state index is 12.0. The topological polar surface area (TPSA) is 26.3 Å². The van der Waals surface area contributed by atoms with Crippen molar-refractivity contribution in [3.8, 4) is 0 Å². The average Bonchev–Trinajstić information content (AvgIpc) is 2.57. The molecule has 0 radical (unpaired) electrons. The molecule has 136 valence electrons. The summed E-state index contributed by atoms with van der Waals surface area (Å²) in [5.74, 6) is -0.199. The highest BCUT2D eigenvalue weighted by Crippen LogP contribution is 2.14. The fraction of sp³-hybridized carbons (Fsp3) is 0.682. The molecule has 0 saturated heterocycles. The van der Waals surface area contributed by atoms with Gasteiger partial charge in [0.25, 0.3) is 0 Å². The molecule has 0 spiro atoms. The van der Waals surface area contributed by atoms with Gasteiger partial charge in [-0.3, -0.25) is 0 Å². The lowest BCUT2D eigenvalue weighted by Gasteiger charge is -2.13. The van der Waals surface area contributed by atoms with E-state index in [-0.39, 0.29) is 12.1 Å². The van der Waals surface area contributed by atoms with Gasteiger partial charge in [0.2, 0.25) is 0 Å². The van der Waals surface area contributed by atoms with Gasteiger partial charge < -0.3 is 4.74 Å². The number of aryl methyl sites for hydroxylation is 1. The van der Waals surface area contributed by atoms with E-state index in [0.29, 0.717) is 5.56 Å². The zero-order valence-corrected chi connectivity index (χ0v) is 16.0. The summed E-state index contributed by atoms with van der Waals surface area (Å²) in [4.78, 5) is 12.0. The number of ether oxygens (including phenoxy) is 1. The zero-order valence-electron chi connectivity index (χ0n) is 16.0. The lowest BCUT2D eigenvalue weighted by Crippen LogP contribution is -2.15. The van der Waals surface area contributed by atoms with Crippen LogP contribution in [-0.4, -0.2) is 12.1 Å². The predicted molar refractivity (Wildman–Crippen MR) is 103 cm³/mol. The minimum absolute atomic E-state index is 0.00727. The first-order valence-corrected chi connectivity index (χ1v) is 9.91. The normalized spacial score (nSPS) is 12.1. The van der Waals surface area contributed by atoms with E-state index in [1.807, 2.05) is 38.1 Å². The number of hydrogen-bond donors (Lipinski definition) is 0. The van der Waals surface area contributed by atoms with E-state index >= 15 is 0 Å². The van der Waals surface area contributed by atoms with Crippen molar-refractivity contribution in [3.05, 3.63) is 35.4 Å². The smallest absolute Gasteiger partial charge is 0.338 e. The van der Waals surface area contributed by atoms with Crippen LogP contribution in [0.1, 0.15) is 100 Å². The molecule has 0 fully saturated rings. The third kappa shape index (κ3) is 9.75. The van der Waals surface area contributed by atoms with E-state index in [9.17, 15) is 4.79 Å². The SMILES string of the molecule is CCCCCCCCCCCCC(C)OC(=O)c1ccc(C)cc1. The Balaban J connectivity index is 2.01. The molecule has 0 aliphatic carbocycles. The molecule has 0 saturated carbocycles. The largest absolute Gasteiger partial charge is 0.459 e. The van der Waals surface area contributed by atoms with Crippen LogP contribution >= 0.6 is 0 Å². The number of carbonyl (C=O) groups is 1. The second-order valence-corrected chi connectivity index (χ2v) is 7.05. The van der Waals surface area contributed by atoms with E-state index in [1.165, 1.54) is 57.8 Å². The summed E-state index contributed by atoms with van der Waals surface area (Å²) in [5, 5.41) is 0. The van der Waals surface area contributed by atoms with E-state index in [4.69, 9.17) is 4.74 Å². The van der Waals surface area contributed by atoms with Gasteiger partial charge in [-0.15, -0.1) is 0 Å². The molecule has 24 heavy (non-hydrogen) atoms. The molecule has 1 aromatic carbocycles. The zero-order chi connectivity index (χ0) is 17.6. The molecule has 1 aromatic rings. The van der Waals surface area contributed by atoms with Crippen molar-refractivity contribution < 1.29 is 9.53 Å². The molecule has 0 bridgehead atoms. The molecular formula is C22H36O2. The fourth-order valence-corrected chi connectivity index (χ4v) is 2.92. The first kappa shape index (κ1) is 20.7. The minimum Gasteiger partial charge on any atom is -0.459 e. The van der Waals surface area contributed by atoms with Crippen LogP contribution in [0.2, 0.25) is 0 Å².